The molecule has 1 N–H and O–H groups in total. The molecule has 20 heavy (non-hydrogen) atoms. The summed E-state index contributed by atoms with van der Waals surface area (Å²) in [5.74, 6) is 0.0743. The zero-order valence-corrected chi connectivity index (χ0v) is 13.0. The lowest BCUT2D eigenvalue weighted by atomic mass is 9.94. The summed E-state index contributed by atoms with van der Waals surface area (Å²) in [4.78, 5) is 25.9. The molecule has 110 valence electrons. The Morgan fingerprint density at radius 3 is 2.90 bits per heavy atom. The van der Waals surface area contributed by atoms with E-state index in [2.05, 4.69) is 15.9 Å². The van der Waals surface area contributed by atoms with Gasteiger partial charge in [-0.2, -0.15) is 0 Å². The number of aliphatic hydroxyl groups excluding tert-OH is 1. The van der Waals surface area contributed by atoms with E-state index in [1.54, 1.807) is 17.2 Å². The van der Waals surface area contributed by atoms with Crippen molar-refractivity contribution in [2.75, 3.05) is 13.2 Å². The molecule has 0 radical (unpaired) electrons. The van der Waals surface area contributed by atoms with E-state index in [4.69, 9.17) is 0 Å². The Kier molecular flexibility index (Phi) is 4.99. The minimum atomic E-state index is -0.190. The van der Waals surface area contributed by atoms with Crippen LogP contribution in [0.25, 0.3) is 0 Å². The monoisotopic (exact) mass is 342 g/mol. The molecule has 2 atom stereocenters. The van der Waals surface area contributed by atoms with Gasteiger partial charge in [-0.05, 0) is 47.7 Å². The Labute approximate surface area is 126 Å². The summed E-state index contributed by atoms with van der Waals surface area (Å²) in [5, 5.41) is 9.25. The molecule has 2 rings (SSSR count). The molecule has 0 spiro atoms. The zero-order valence-electron chi connectivity index (χ0n) is 11.5. The van der Waals surface area contributed by atoms with E-state index >= 15 is 0 Å². The van der Waals surface area contributed by atoms with Gasteiger partial charge >= 0.3 is 0 Å². The van der Waals surface area contributed by atoms with Crippen LogP contribution in [0.2, 0.25) is 0 Å². The maximum atomic E-state index is 12.4. The summed E-state index contributed by atoms with van der Waals surface area (Å²) >= 11 is 3.30. The van der Waals surface area contributed by atoms with Crippen molar-refractivity contribution in [1.82, 2.24) is 9.47 Å². The molecular formula is C14H19BrN2O3. The van der Waals surface area contributed by atoms with Gasteiger partial charge in [0, 0.05) is 35.9 Å². The van der Waals surface area contributed by atoms with Crippen LogP contribution in [-0.4, -0.2) is 39.7 Å². The molecule has 0 aromatic carbocycles. The average molecular weight is 343 g/mol. The van der Waals surface area contributed by atoms with E-state index in [-0.39, 0.29) is 36.6 Å². The molecular weight excluding hydrogens is 324 g/mol. The molecule has 1 aromatic rings. The topological polar surface area (TPSA) is 62.5 Å². The van der Waals surface area contributed by atoms with Crippen LogP contribution in [-0.2, 0) is 11.3 Å². The number of amides is 1. The lowest BCUT2D eigenvalue weighted by Crippen LogP contribution is -2.48. The molecule has 1 fully saturated rings. The fourth-order valence-corrected chi connectivity index (χ4v) is 2.92. The summed E-state index contributed by atoms with van der Waals surface area (Å²) in [5.41, 5.74) is -0.190. The van der Waals surface area contributed by atoms with E-state index in [0.717, 1.165) is 17.3 Å². The van der Waals surface area contributed by atoms with Gasteiger partial charge in [-0.1, -0.05) is 0 Å². The molecule has 0 saturated carbocycles. The van der Waals surface area contributed by atoms with E-state index in [9.17, 15) is 14.7 Å². The first-order valence-electron chi connectivity index (χ1n) is 6.77. The molecule has 1 amide bonds. The summed E-state index contributed by atoms with van der Waals surface area (Å²) in [6.45, 7) is 2.72. The number of aliphatic hydroxyl groups is 1. The second-order valence-corrected chi connectivity index (χ2v) is 6.25. The number of likely N-dealkylation sites (tertiary alicyclic amines) is 1. The number of rotatable bonds is 3. The zero-order chi connectivity index (χ0) is 14.7. The summed E-state index contributed by atoms with van der Waals surface area (Å²) in [7, 11) is 0. The quantitative estimate of drug-likeness (QED) is 0.898. The third-order valence-electron chi connectivity index (χ3n) is 3.81. The fourth-order valence-electron chi connectivity index (χ4n) is 2.54. The predicted octanol–water partition coefficient (Wildman–Crippen LogP) is 1.23. The first kappa shape index (κ1) is 15.3. The Morgan fingerprint density at radius 1 is 1.45 bits per heavy atom. The van der Waals surface area contributed by atoms with Crippen molar-refractivity contribution < 1.29 is 9.90 Å². The number of carbonyl (C=O) groups excluding carboxylic acids is 1. The highest BCUT2D eigenvalue weighted by Gasteiger charge is 2.28. The minimum absolute atomic E-state index is 0.0424. The molecule has 5 nitrogen and oxygen atoms in total. The van der Waals surface area contributed by atoms with Crippen molar-refractivity contribution in [3.05, 3.63) is 33.2 Å². The van der Waals surface area contributed by atoms with Gasteiger partial charge < -0.3 is 14.6 Å². The second-order valence-electron chi connectivity index (χ2n) is 5.33. The molecule has 1 saturated heterocycles. The highest BCUT2D eigenvalue weighted by molar-refractivity contribution is 9.10. The lowest BCUT2D eigenvalue weighted by molar-refractivity contribution is -0.136. The summed E-state index contributed by atoms with van der Waals surface area (Å²) in [6.07, 6.45) is 3.46. The van der Waals surface area contributed by atoms with Crippen LogP contribution in [0.4, 0.5) is 0 Å². The van der Waals surface area contributed by atoms with Crippen molar-refractivity contribution in [2.45, 2.75) is 32.4 Å². The normalized spacial score (nSPS) is 22.9. The Hall–Kier alpha value is -1.14. The van der Waals surface area contributed by atoms with Crippen molar-refractivity contribution >= 4 is 21.8 Å². The second kappa shape index (κ2) is 6.54. The number of hydrogen-bond donors (Lipinski definition) is 1. The maximum absolute atomic E-state index is 12.4. The van der Waals surface area contributed by atoms with Gasteiger partial charge in [0.2, 0.25) is 5.91 Å². The van der Waals surface area contributed by atoms with Gasteiger partial charge in [-0.3, -0.25) is 9.59 Å². The van der Waals surface area contributed by atoms with Crippen LogP contribution in [0.1, 0.15) is 19.8 Å². The van der Waals surface area contributed by atoms with Crippen LogP contribution >= 0.6 is 15.9 Å². The molecule has 0 aliphatic carbocycles. The van der Waals surface area contributed by atoms with Gasteiger partial charge in [0.25, 0.3) is 5.56 Å². The van der Waals surface area contributed by atoms with Crippen molar-refractivity contribution in [1.29, 1.82) is 0 Å². The fraction of sp³-hybridized carbons (Fsp3) is 0.571. The van der Waals surface area contributed by atoms with Crippen molar-refractivity contribution in [3.63, 3.8) is 0 Å². The van der Waals surface area contributed by atoms with Crippen LogP contribution in [0.5, 0.6) is 0 Å². The number of aromatic nitrogens is 1. The van der Waals surface area contributed by atoms with Crippen LogP contribution in [0.15, 0.2) is 27.6 Å². The van der Waals surface area contributed by atoms with E-state index in [1.807, 2.05) is 6.92 Å². The van der Waals surface area contributed by atoms with Gasteiger partial charge in [-0.25, -0.2) is 0 Å². The SMILES string of the molecule is CC1CCC(CO)CN1C(=O)Cn1cc(Br)ccc1=O. The van der Waals surface area contributed by atoms with Gasteiger partial charge in [-0.15, -0.1) is 0 Å². The molecule has 1 aliphatic heterocycles. The number of pyridine rings is 1. The van der Waals surface area contributed by atoms with Crippen molar-refractivity contribution in [3.8, 4) is 0 Å². The molecule has 1 aliphatic rings. The molecule has 2 heterocycles. The van der Waals surface area contributed by atoms with E-state index in [0.29, 0.717) is 6.54 Å². The number of piperidine rings is 1. The van der Waals surface area contributed by atoms with Crippen LogP contribution in [0, 0.1) is 5.92 Å². The first-order chi connectivity index (χ1) is 9.51. The Morgan fingerprint density at radius 2 is 2.20 bits per heavy atom. The largest absolute Gasteiger partial charge is 0.396 e. The third-order valence-corrected chi connectivity index (χ3v) is 4.28. The summed E-state index contributed by atoms with van der Waals surface area (Å²) < 4.78 is 2.17. The predicted molar refractivity (Wildman–Crippen MR) is 79.4 cm³/mol. The van der Waals surface area contributed by atoms with Crippen LogP contribution in [0.3, 0.4) is 0 Å². The first-order valence-corrected chi connectivity index (χ1v) is 7.57. The van der Waals surface area contributed by atoms with Crippen molar-refractivity contribution in [2.24, 2.45) is 5.92 Å². The number of halogens is 1. The average Bonchev–Trinajstić information content (AvgIpc) is 2.43. The molecule has 0 bridgehead atoms. The highest BCUT2D eigenvalue weighted by Crippen LogP contribution is 2.21. The van der Waals surface area contributed by atoms with Gasteiger partial charge in [0.1, 0.15) is 6.54 Å². The minimum Gasteiger partial charge on any atom is -0.396 e. The number of nitrogens with zero attached hydrogens (tertiary/aromatic N) is 2. The Balaban J connectivity index is 2.10. The molecule has 6 heteroatoms. The molecule has 2 unspecified atom stereocenters. The standard InChI is InChI=1S/C14H19BrN2O3/c1-10-2-3-11(9-18)6-17(10)14(20)8-16-7-12(15)4-5-13(16)19/h4-5,7,10-11,18H,2-3,6,8-9H2,1H3. The molecule has 1 aromatic heterocycles. The highest BCUT2D eigenvalue weighted by atomic mass is 79.9. The number of hydrogen-bond acceptors (Lipinski definition) is 3. The van der Waals surface area contributed by atoms with Gasteiger partial charge in [0.05, 0.1) is 0 Å². The van der Waals surface area contributed by atoms with Crippen LogP contribution < -0.4 is 5.56 Å². The maximum Gasteiger partial charge on any atom is 0.251 e. The Bertz CT molecular complexity index is 543. The van der Waals surface area contributed by atoms with E-state index < -0.39 is 0 Å². The van der Waals surface area contributed by atoms with E-state index in [1.165, 1.54) is 10.6 Å². The lowest BCUT2D eigenvalue weighted by Gasteiger charge is -2.37. The number of carbonyl (C=O) groups is 1. The smallest absolute Gasteiger partial charge is 0.251 e. The third kappa shape index (κ3) is 3.49. The summed E-state index contributed by atoms with van der Waals surface area (Å²) in [6, 6.07) is 3.26. The van der Waals surface area contributed by atoms with Gasteiger partial charge in [0.15, 0.2) is 0 Å².